The number of carbonyl (C=O) groups excluding carboxylic acids is 2. The topological polar surface area (TPSA) is 120 Å². The zero-order chi connectivity index (χ0) is 14.4. The molecular formula is C11H17N5O4. The molecule has 1 aromatic heterocycles. The van der Waals surface area contributed by atoms with E-state index >= 15 is 0 Å². The first-order chi connectivity index (χ1) is 9.70. The fourth-order valence-electron chi connectivity index (χ4n) is 1.72. The highest BCUT2D eigenvalue weighted by atomic mass is 16.5. The molecule has 0 unspecified atom stereocenters. The molecule has 0 aromatic carbocycles. The average Bonchev–Trinajstić information content (AvgIpc) is 2.99. The number of aliphatic hydroxyl groups is 1. The number of aromatic nitrogens is 2. The van der Waals surface area contributed by atoms with Crippen LogP contribution in [0, 0.1) is 0 Å². The molecule has 20 heavy (non-hydrogen) atoms. The van der Waals surface area contributed by atoms with E-state index < -0.39 is 24.5 Å². The Bertz CT molecular complexity index is 444. The molecular weight excluding hydrogens is 266 g/mol. The maximum atomic E-state index is 12.0. The molecule has 1 aromatic rings. The summed E-state index contributed by atoms with van der Waals surface area (Å²) in [6.45, 7) is 1.71. The highest BCUT2D eigenvalue weighted by molar-refractivity contribution is 5.95. The highest BCUT2D eigenvalue weighted by Gasteiger charge is 2.23. The summed E-state index contributed by atoms with van der Waals surface area (Å²) in [5.74, 6) is -0.971. The molecule has 1 atom stereocenters. The number of hydrogen-bond acceptors (Lipinski definition) is 6. The normalized spacial score (nSPS) is 17.4. The molecule has 1 fully saturated rings. The maximum absolute atomic E-state index is 12.0. The second-order valence-corrected chi connectivity index (χ2v) is 4.25. The van der Waals surface area contributed by atoms with Crippen LogP contribution < -0.4 is 10.7 Å². The van der Waals surface area contributed by atoms with Gasteiger partial charge in [-0.3, -0.25) is 15.0 Å². The number of nitrogens with one attached hydrogen (secondary N) is 3. The standard InChI is InChI=1S/C11H17N5O4/c17-6-9(14-10(18)8-5-12-7-13-8)11(19)15-16-1-3-20-4-2-16/h5,7,9,17H,1-4,6H2,(H,12,13)(H,14,18)(H,15,19)/t9-/m0/s1. The van der Waals surface area contributed by atoms with Crippen LogP contribution in [0.5, 0.6) is 0 Å². The zero-order valence-electron chi connectivity index (χ0n) is 10.8. The minimum atomic E-state index is -1.02. The van der Waals surface area contributed by atoms with E-state index in [2.05, 4.69) is 20.7 Å². The minimum Gasteiger partial charge on any atom is -0.394 e. The summed E-state index contributed by atoms with van der Waals surface area (Å²) in [5, 5.41) is 13.3. The van der Waals surface area contributed by atoms with Crippen molar-refractivity contribution in [2.45, 2.75) is 6.04 Å². The lowest BCUT2D eigenvalue weighted by Gasteiger charge is -2.28. The summed E-state index contributed by atoms with van der Waals surface area (Å²) in [6.07, 6.45) is 2.69. The van der Waals surface area contributed by atoms with Crippen LogP contribution in [0.2, 0.25) is 0 Å². The van der Waals surface area contributed by atoms with Crippen LogP contribution in [0.15, 0.2) is 12.5 Å². The Balaban J connectivity index is 1.86. The Morgan fingerprint density at radius 3 is 2.85 bits per heavy atom. The lowest BCUT2D eigenvalue weighted by atomic mass is 10.3. The van der Waals surface area contributed by atoms with Gasteiger partial charge in [-0.05, 0) is 0 Å². The van der Waals surface area contributed by atoms with Crippen LogP contribution >= 0.6 is 0 Å². The van der Waals surface area contributed by atoms with Crippen molar-refractivity contribution in [3.63, 3.8) is 0 Å². The third kappa shape index (κ3) is 3.76. The summed E-state index contributed by atoms with van der Waals surface area (Å²) in [4.78, 5) is 30.1. The fourth-order valence-corrected chi connectivity index (χ4v) is 1.72. The van der Waals surface area contributed by atoms with Gasteiger partial charge in [0.1, 0.15) is 11.7 Å². The Morgan fingerprint density at radius 2 is 2.25 bits per heavy atom. The first kappa shape index (κ1) is 14.4. The molecule has 2 heterocycles. The number of nitrogens with zero attached hydrogens (tertiary/aromatic N) is 2. The number of ether oxygens (including phenoxy) is 1. The summed E-state index contributed by atoms with van der Waals surface area (Å²) in [5.41, 5.74) is 2.86. The second kappa shape index (κ2) is 6.98. The predicted octanol–water partition coefficient (Wildman–Crippen LogP) is -2.14. The van der Waals surface area contributed by atoms with Gasteiger partial charge in [-0.1, -0.05) is 0 Å². The molecule has 2 rings (SSSR count). The summed E-state index contributed by atoms with van der Waals surface area (Å²) < 4.78 is 5.16. The van der Waals surface area contributed by atoms with Crippen molar-refractivity contribution in [3.8, 4) is 0 Å². The molecule has 9 heteroatoms. The largest absolute Gasteiger partial charge is 0.394 e. The van der Waals surface area contributed by atoms with Gasteiger partial charge in [0.25, 0.3) is 11.8 Å². The van der Waals surface area contributed by atoms with Gasteiger partial charge in [-0.15, -0.1) is 0 Å². The van der Waals surface area contributed by atoms with E-state index in [1.54, 1.807) is 5.01 Å². The Kier molecular flexibility index (Phi) is 5.04. The quantitative estimate of drug-likeness (QED) is 0.490. The molecule has 0 bridgehead atoms. The zero-order valence-corrected chi connectivity index (χ0v) is 10.8. The van der Waals surface area contributed by atoms with Gasteiger partial charge in [0, 0.05) is 13.1 Å². The van der Waals surface area contributed by atoms with E-state index in [-0.39, 0.29) is 5.69 Å². The predicted molar refractivity (Wildman–Crippen MR) is 67.5 cm³/mol. The molecule has 1 aliphatic rings. The van der Waals surface area contributed by atoms with E-state index in [1.165, 1.54) is 12.5 Å². The third-order valence-electron chi connectivity index (χ3n) is 2.83. The van der Waals surface area contributed by atoms with E-state index in [9.17, 15) is 14.7 Å². The molecule has 0 spiro atoms. The van der Waals surface area contributed by atoms with Gasteiger partial charge in [0.05, 0.1) is 32.3 Å². The van der Waals surface area contributed by atoms with Crippen LogP contribution in [-0.4, -0.2) is 70.8 Å². The number of hydrazine groups is 1. The van der Waals surface area contributed by atoms with Gasteiger partial charge >= 0.3 is 0 Å². The Morgan fingerprint density at radius 1 is 1.50 bits per heavy atom. The van der Waals surface area contributed by atoms with E-state index in [0.717, 1.165) is 0 Å². The van der Waals surface area contributed by atoms with E-state index in [4.69, 9.17) is 4.74 Å². The molecule has 2 amide bonds. The fraction of sp³-hybridized carbons (Fsp3) is 0.545. The van der Waals surface area contributed by atoms with Crippen molar-refractivity contribution >= 4 is 11.8 Å². The first-order valence-electron chi connectivity index (χ1n) is 6.24. The lowest BCUT2D eigenvalue weighted by molar-refractivity contribution is -0.130. The van der Waals surface area contributed by atoms with E-state index in [1.807, 2.05) is 0 Å². The molecule has 9 nitrogen and oxygen atoms in total. The highest BCUT2D eigenvalue weighted by Crippen LogP contribution is 1.96. The van der Waals surface area contributed by atoms with Gasteiger partial charge in [-0.2, -0.15) is 0 Å². The molecule has 1 saturated heterocycles. The van der Waals surface area contributed by atoms with Gasteiger partial charge in [0.15, 0.2) is 0 Å². The van der Waals surface area contributed by atoms with Crippen LogP contribution in [0.4, 0.5) is 0 Å². The number of amides is 2. The van der Waals surface area contributed by atoms with E-state index in [0.29, 0.717) is 26.3 Å². The van der Waals surface area contributed by atoms with Crippen molar-refractivity contribution in [1.82, 2.24) is 25.7 Å². The minimum absolute atomic E-state index is 0.225. The molecule has 4 N–H and O–H groups in total. The average molecular weight is 283 g/mol. The number of H-pyrrole nitrogens is 1. The van der Waals surface area contributed by atoms with Crippen molar-refractivity contribution in [2.24, 2.45) is 0 Å². The van der Waals surface area contributed by atoms with Gasteiger partial charge < -0.3 is 20.1 Å². The summed E-state index contributed by atoms with van der Waals surface area (Å²) in [6, 6.07) is -1.02. The maximum Gasteiger partial charge on any atom is 0.270 e. The molecule has 0 saturated carbocycles. The Hall–Kier alpha value is -1.97. The first-order valence-corrected chi connectivity index (χ1v) is 6.24. The number of rotatable bonds is 5. The third-order valence-corrected chi connectivity index (χ3v) is 2.83. The Labute approximate surface area is 115 Å². The summed E-state index contributed by atoms with van der Waals surface area (Å²) in [7, 11) is 0. The number of aliphatic hydroxyl groups excluding tert-OH is 1. The number of carbonyl (C=O) groups is 2. The molecule has 1 aliphatic heterocycles. The SMILES string of the molecule is O=C(N[C@@H](CO)C(=O)NN1CCOCC1)c1cnc[nH]1. The molecule has 110 valence electrons. The van der Waals surface area contributed by atoms with Crippen LogP contribution in [0.1, 0.15) is 10.5 Å². The van der Waals surface area contributed by atoms with Crippen molar-refractivity contribution in [1.29, 1.82) is 0 Å². The summed E-state index contributed by atoms with van der Waals surface area (Å²) >= 11 is 0. The lowest BCUT2D eigenvalue weighted by Crippen LogP contribution is -2.56. The second-order valence-electron chi connectivity index (χ2n) is 4.25. The number of aromatic amines is 1. The van der Waals surface area contributed by atoms with Crippen LogP contribution in [0.3, 0.4) is 0 Å². The van der Waals surface area contributed by atoms with Gasteiger partial charge in [-0.25, -0.2) is 9.99 Å². The van der Waals surface area contributed by atoms with Gasteiger partial charge in [0.2, 0.25) is 0 Å². The monoisotopic (exact) mass is 283 g/mol. The number of imidazole rings is 1. The number of morpholine rings is 1. The number of hydrogen-bond donors (Lipinski definition) is 4. The van der Waals surface area contributed by atoms with Crippen LogP contribution in [-0.2, 0) is 9.53 Å². The molecule has 0 aliphatic carbocycles. The van der Waals surface area contributed by atoms with Crippen LogP contribution in [0.25, 0.3) is 0 Å². The smallest absolute Gasteiger partial charge is 0.270 e. The van der Waals surface area contributed by atoms with Crippen molar-refractivity contribution in [3.05, 3.63) is 18.2 Å². The van der Waals surface area contributed by atoms with Crippen molar-refractivity contribution in [2.75, 3.05) is 32.9 Å². The van der Waals surface area contributed by atoms with Crippen molar-refractivity contribution < 1.29 is 19.4 Å². The molecule has 0 radical (unpaired) electrons.